The Bertz CT molecular complexity index is 1770. The van der Waals surface area contributed by atoms with E-state index < -0.39 is 86.8 Å². The fourth-order valence-electron chi connectivity index (χ4n) is 11.1. The Morgan fingerprint density at radius 2 is 0.802 bits per heavy atom. The van der Waals surface area contributed by atoms with E-state index in [2.05, 4.69) is 92.1 Å². The van der Waals surface area contributed by atoms with Crippen LogP contribution >= 0.6 is 0 Å². The second-order valence-electron chi connectivity index (χ2n) is 24.3. The number of amides is 1. The molecule has 2 heterocycles. The Kier molecular flexibility index (Phi) is 51.8. The van der Waals surface area contributed by atoms with Gasteiger partial charge in [0.05, 0.1) is 32.0 Å². The van der Waals surface area contributed by atoms with Gasteiger partial charge in [-0.15, -0.1) is 0 Å². The van der Waals surface area contributed by atoms with Crippen LogP contribution in [0.1, 0.15) is 271 Å². The van der Waals surface area contributed by atoms with Crippen molar-refractivity contribution in [2.24, 2.45) is 0 Å². The summed E-state index contributed by atoms with van der Waals surface area (Å²) in [6.07, 6.45) is 60.6. The van der Waals surface area contributed by atoms with E-state index >= 15 is 0 Å². The maximum atomic E-state index is 13.3. The van der Waals surface area contributed by atoms with Crippen LogP contribution in [0.25, 0.3) is 0 Å². The maximum Gasteiger partial charge on any atom is 0.220 e. The van der Waals surface area contributed by atoms with Gasteiger partial charge in [-0.05, 0) is 70.6 Å². The molecule has 2 aliphatic heterocycles. The number of aliphatic hydroxyl groups excluding tert-OH is 8. The molecular formula is C72H127NO13. The Morgan fingerprint density at radius 3 is 1.23 bits per heavy atom. The number of carbonyl (C=O) groups is 1. The molecule has 1 amide bonds. The van der Waals surface area contributed by atoms with Gasteiger partial charge in [0, 0.05) is 6.42 Å². The molecule has 0 aromatic heterocycles. The molecule has 2 aliphatic rings. The van der Waals surface area contributed by atoms with Gasteiger partial charge in [0.2, 0.25) is 5.91 Å². The van der Waals surface area contributed by atoms with Crippen molar-refractivity contribution >= 4 is 5.91 Å². The van der Waals surface area contributed by atoms with Crippen molar-refractivity contribution in [1.82, 2.24) is 5.32 Å². The quantitative estimate of drug-likeness (QED) is 0.0204. The number of carbonyl (C=O) groups excluding carboxylic acids is 1. The Hall–Kier alpha value is -2.83. The van der Waals surface area contributed by atoms with Crippen LogP contribution in [0.2, 0.25) is 0 Å². The molecule has 0 spiro atoms. The van der Waals surface area contributed by atoms with Crippen molar-refractivity contribution in [3.8, 4) is 0 Å². The summed E-state index contributed by atoms with van der Waals surface area (Å²) in [6.45, 7) is 2.69. The van der Waals surface area contributed by atoms with Gasteiger partial charge in [-0.3, -0.25) is 4.79 Å². The van der Waals surface area contributed by atoms with Crippen LogP contribution < -0.4 is 5.32 Å². The lowest BCUT2D eigenvalue weighted by atomic mass is 9.97. The minimum atomic E-state index is -1.80. The van der Waals surface area contributed by atoms with Crippen LogP contribution in [-0.4, -0.2) is 140 Å². The van der Waals surface area contributed by atoms with Crippen LogP contribution in [0, 0.1) is 0 Å². The molecule has 12 unspecified atom stereocenters. The van der Waals surface area contributed by atoms with Gasteiger partial charge in [-0.1, -0.05) is 279 Å². The number of hydrogen-bond acceptors (Lipinski definition) is 13. The zero-order valence-electron chi connectivity index (χ0n) is 54.0. The van der Waals surface area contributed by atoms with Crippen molar-refractivity contribution in [2.75, 3.05) is 19.8 Å². The summed E-state index contributed by atoms with van der Waals surface area (Å²) in [7, 11) is 0. The summed E-state index contributed by atoms with van der Waals surface area (Å²) in [6, 6.07) is -0.936. The lowest BCUT2D eigenvalue weighted by Gasteiger charge is -2.46. The summed E-state index contributed by atoms with van der Waals surface area (Å²) < 4.78 is 22.8. The van der Waals surface area contributed by atoms with E-state index in [0.29, 0.717) is 6.42 Å². The summed E-state index contributed by atoms with van der Waals surface area (Å²) in [5.41, 5.74) is 0. The Balaban J connectivity index is 1.71. The fourth-order valence-corrected chi connectivity index (χ4v) is 11.1. The predicted octanol–water partition coefficient (Wildman–Crippen LogP) is 14.0. The van der Waals surface area contributed by atoms with Crippen molar-refractivity contribution in [2.45, 2.75) is 344 Å². The molecule has 2 fully saturated rings. The fraction of sp³-hybridized carbons (Fsp3) is 0.792. The first-order valence-electron chi connectivity index (χ1n) is 34.8. The monoisotopic (exact) mass is 1210 g/mol. The lowest BCUT2D eigenvalue weighted by molar-refractivity contribution is -0.359. The van der Waals surface area contributed by atoms with Crippen molar-refractivity contribution in [3.63, 3.8) is 0 Å². The summed E-state index contributed by atoms with van der Waals surface area (Å²) in [5.74, 6) is -0.264. The number of nitrogens with one attached hydrogen (secondary N) is 1. The third kappa shape index (κ3) is 40.0. The largest absolute Gasteiger partial charge is 0.394 e. The van der Waals surface area contributed by atoms with Gasteiger partial charge in [-0.25, -0.2) is 0 Å². The third-order valence-electron chi connectivity index (χ3n) is 16.6. The van der Waals surface area contributed by atoms with E-state index in [1.807, 2.05) is 6.08 Å². The van der Waals surface area contributed by atoms with Crippen LogP contribution in [0.4, 0.5) is 0 Å². The van der Waals surface area contributed by atoms with Gasteiger partial charge >= 0.3 is 0 Å². The zero-order chi connectivity index (χ0) is 62.3. The number of aliphatic hydroxyl groups is 8. The SMILES string of the molecule is CC/C=C\C/C=C\C/C=C\C/C=C\C/C=C\C/C=C\CCCCCCC(=O)NC(COC1OC(CO)C(OC2OC(CO)C(O)C(O)C2O)C(O)C1O)C(O)/C=C/CCCCCCCCCCCCCCCCCCCCCCCCCCCCC. The maximum absolute atomic E-state index is 13.3. The van der Waals surface area contributed by atoms with Gasteiger partial charge in [0.25, 0.3) is 0 Å². The normalized spacial score (nSPS) is 23.9. The topological polar surface area (TPSA) is 228 Å². The second kappa shape index (κ2) is 56.2. The molecule has 0 radical (unpaired) electrons. The zero-order valence-corrected chi connectivity index (χ0v) is 54.0. The molecule has 0 aromatic rings. The highest BCUT2D eigenvalue weighted by atomic mass is 16.7. The minimum Gasteiger partial charge on any atom is -0.394 e. The average Bonchev–Trinajstić information content (AvgIpc) is 2.54. The van der Waals surface area contributed by atoms with E-state index in [9.17, 15) is 45.6 Å². The van der Waals surface area contributed by atoms with Crippen LogP contribution in [0.5, 0.6) is 0 Å². The third-order valence-corrected chi connectivity index (χ3v) is 16.6. The van der Waals surface area contributed by atoms with E-state index in [0.717, 1.165) is 83.5 Å². The average molecular weight is 1210 g/mol. The molecule has 0 saturated carbocycles. The van der Waals surface area contributed by atoms with Gasteiger partial charge < -0.3 is 65.1 Å². The van der Waals surface area contributed by atoms with Crippen molar-refractivity contribution in [3.05, 3.63) is 85.1 Å². The first kappa shape index (κ1) is 79.3. The van der Waals surface area contributed by atoms with E-state index in [4.69, 9.17) is 18.9 Å². The van der Waals surface area contributed by atoms with E-state index in [-0.39, 0.29) is 18.9 Å². The molecule has 0 aliphatic carbocycles. The molecule has 14 heteroatoms. The molecular weight excluding hydrogens is 1090 g/mol. The van der Waals surface area contributed by atoms with E-state index in [1.54, 1.807) is 6.08 Å². The molecule has 14 nitrogen and oxygen atoms in total. The molecule has 0 bridgehead atoms. The molecule has 86 heavy (non-hydrogen) atoms. The number of unbranched alkanes of at least 4 members (excludes halogenated alkanes) is 31. The van der Waals surface area contributed by atoms with Crippen LogP contribution in [0.15, 0.2) is 85.1 Å². The predicted molar refractivity (Wildman–Crippen MR) is 350 cm³/mol. The smallest absolute Gasteiger partial charge is 0.220 e. The van der Waals surface area contributed by atoms with Gasteiger partial charge in [-0.2, -0.15) is 0 Å². The molecule has 498 valence electrons. The summed E-state index contributed by atoms with van der Waals surface area (Å²) >= 11 is 0. The van der Waals surface area contributed by atoms with Gasteiger partial charge in [0.1, 0.15) is 48.8 Å². The van der Waals surface area contributed by atoms with Crippen molar-refractivity contribution < 1.29 is 64.6 Å². The molecule has 0 aromatic carbocycles. The molecule has 12 atom stereocenters. The highest BCUT2D eigenvalue weighted by molar-refractivity contribution is 5.76. The highest BCUT2D eigenvalue weighted by Gasteiger charge is 2.51. The number of ether oxygens (including phenoxy) is 4. The number of allylic oxidation sites excluding steroid dienone is 13. The highest BCUT2D eigenvalue weighted by Crippen LogP contribution is 2.30. The van der Waals surface area contributed by atoms with Gasteiger partial charge in [0.15, 0.2) is 12.6 Å². The lowest BCUT2D eigenvalue weighted by Crippen LogP contribution is -2.65. The van der Waals surface area contributed by atoms with E-state index in [1.165, 1.54) is 161 Å². The standard InChI is InChI=1S/C72H127NO13/c1-3-5-7-9-11-13-15-17-19-21-23-25-27-28-29-30-31-32-34-35-37-39-41-43-45-47-49-51-53-55-61(76)60(59-83-71-69(82)67(80)70(63(58-75)85-71)86-72-68(81)66(79)65(78)62(57-74)84-72)73-64(77)56-54-52-50-48-46-44-42-40-38-36-33-26-24-22-20-18-16-14-12-10-8-6-4-2/h6,8,12,14,18,20,24,26,36,38,42,44,53,55,60-63,65-72,74-76,78-82H,3-5,7,9-11,13,15-17,19,21-23,25,27-35,37,39-41,43,45-52,54,56-59H2,1-2H3,(H,73,77)/b8-6-,14-12-,20-18-,26-24-,38-36-,44-42-,55-53+. The minimum absolute atomic E-state index is 0.247. The molecule has 2 saturated heterocycles. The molecule has 9 N–H and O–H groups in total. The van der Waals surface area contributed by atoms with Crippen molar-refractivity contribution in [1.29, 1.82) is 0 Å². The second-order valence-corrected chi connectivity index (χ2v) is 24.3. The first-order chi connectivity index (χ1) is 42.1. The first-order valence-corrected chi connectivity index (χ1v) is 34.8. The Morgan fingerprint density at radius 1 is 0.430 bits per heavy atom. The summed E-state index contributed by atoms with van der Waals surface area (Å²) in [5, 5.41) is 87.4. The Labute approximate surface area is 522 Å². The van der Waals surface area contributed by atoms with Crippen LogP contribution in [-0.2, 0) is 23.7 Å². The number of rotatable bonds is 56. The molecule has 2 rings (SSSR count). The van der Waals surface area contributed by atoms with Crippen LogP contribution in [0.3, 0.4) is 0 Å². The summed E-state index contributed by atoms with van der Waals surface area (Å²) in [4.78, 5) is 13.3. The number of hydrogen-bond donors (Lipinski definition) is 9.